The predicted molar refractivity (Wildman–Crippen MR) is 95.2 cm³/mol. The summed E-state index contributed by atoms with van der Waals surface area (Å²) in [5.41, 5.74) is 3.78. The summed E-state index contributed by atoms with van der Waals surface area (Å²) in [5, 5.41) is 3.03. The topological polar surface area (TPSA) is 35.6 Å². The average Bonchev–Trinajstić information content (AvgIpc) is 2.40. The fraction of sp³-hybridized carbons (Fsp3) is 0.588. The molecule has 1 saturated heterocycles. The van der Waals surface area contributed by atoms with Crippen LogP contribution in [0.5, 0.6) is 0 Å². The van der Waals surface area contributed by atoms with Crippen LogP contribution in [0.4, 0.5) is 10.5 Å². The number of halogens is 1. The van der Waals surface area contributed by atoms with Crippen LogP contribution in [0.1, 0.15) is 31.9 Å². The number of benzene rings is 1. The van der Waals surface area contributed by atoms with Crippen molar-refractivity contribution in [3.63, 3.8) is 0 Å². The molecule has 0 aromatic heterocycles. The van der Waals surface area contributed by atoms with Gasteiger partial charge < -0.3 is 15.1 Å². The maximum atomic E-state index is 12.2. The number of urea groups is 1. The Morgan fingerprint density at radius 1 is 1.09 bits per heavy atom. The largest absolute Gasteiger partial charge is 0.368 e. The zero-order chi connectivity index (χ0) is 15.6. The first-order valence-corrected chi connectivity index (χ1v) is 7.66. The molecular weight excluding hydrogens is 298 g/mol. The third-order valence-corrected chi connectivity index (χ3v) is 3.97. The van der Waals surface area contributed by atoms with E-state index in [0.29, 0.717) is 0 Å². The fourth-order valence-electron chi connectivity index (χ4n) is 2.63. The van der Waals surface area contributed by atoms with Crippen LogP contribution in [-0.2, 0) is 0 Å². The summed E-state index contributed by atoms with van der Waals surface area (Å²) in [6.45, 7) is 13.7. The van der Waals surface area contributed by atoms with E-state index < -0.39 is 0 Å². The van der Waals surface area contributed by atoms with Gasteiger partial charge in [-0.25, -0.2) is 4.79 Å². The SMILES string of the molecule is Cc1cccc(N2CCN(C(=O)NC(C)(C)C)CC2)c1C.Cl. The smallest absolute Gasteiger partial charge is 0.317 e. The molecule has 1 aliphatic rings. The summed E-state index contributed by atoms with van der Waals surface area (Å²) in [4.78, 5) is 16.5. The van der Waals surface area contributed by atoms with E-state index in [1.807, 2.05) is 25.7 Å². The number of anilines is 1. The molecule has 4 nitrogen and oxygen atoms in total. The zero-order valence-electron chi connectivity index (χ0n) is 14.3. The standard InChI is InChI=1S/C17H27N3O.ClH/c1-13-7-6-8-15(14(13)2)19-9-11-20(12-10-19)16(21)18-17(3,4)5;/h6-8H,9-12H2,1-5H3,(H,18,21);1H. The number of aryl methyl sites for hydroxylation is 1. The first kappa shape index (κ1) is 18.6. The molecule has 0 saturated carbocycles. The number of carbonyl (C=O) groups is 1. The molecule has 0 spiro atoms. The Hall–Kier alpha value is -1.42. The van der Waals surface area contributed by atoms with Gasteiger partial charge in [-0.15, -0.1) is 12.4 Å². The van der Waals surface area contributed by atoms with Crippen LogP contribution in [-0.4, -0.2) is 42.6 Å². The molecular formula is C17H28ClN3O. The number of nitrogens with one attached hydrogen (secondary N) is 1. The Labute approximate surface area is 140 Å². The first-order valence-electron chi connectivity index (χ1n) is 7.66. The molecule has 124 valence electrons. The van der Waals surface area contributed by atoms with Gasteiger partial charge in [-0.05, 0) is 51.8 Å². The van der Waals surface area contributed by atoms with Crippen molar-refractivity contribution in [2.45, 2.75) is 40.2 Å². The first-order chi connectivity index (χ1) is 9.78. The highest BCUT2D eigenvalue weighted by Crippen LogP contribution is 2.23. The van der Waals surface area contributed by atoms with Gasteiger partial charge in [0.15, 0.2) is 0 Å². The second kappa shape index (κ2) is 7.23. The number of amides is 2. The zero-order valence-corrected chi connectivity index (χ0v) is 15.1. The van der Waals surface area contributed by atoms with Gasteiger partial charge in [0, 0.05) is 37.4 Å². The van der Waals surface area contributed by atoms with Crippen molar-refractivity contribution in [1.82, 2.24) is 10.2 Å². The number of rotatable bonds is 1. The lowest BCUT2D eigenvalue weighted by molar-refractivity contribution is 0.185. The van der Waals surface area contributed by atoms with Gasteiger partial charge >= 0.3 is 6.03 Å². The van der Waals surface area contributed by atoms with Crippen LogP contribution in [0.25, 0.3) is 0 Å². The molecule has 1 aliphatic heterocycles. The molecule has 2 rings (SSSR count). The summed E-state index contributed by atoms with van der Waals surface area (Å²) in [6.07, 6.45) is 0. The van der Waals surface area contributed by atoms with Gasteiger partial charge in [0.2, 0.25) is 0 Å². The number of piperazine rings is 1. The van der Waals surface area contributed by atoms with Crippen LogP contribution in [0.2, 0.25) is 0 Å². The Balaban J connectivity index is 0.00000242. The Morgan fingerprint density at radius 2 is 1.68 bits per heavy atom. The summed E-state index contributed by atoms with van der Waals surface area (Å²) in [5.74, 6) is 0. The van der Waals surface area contributed by atoms with Crippen molar-refractivity contribution in [2.24, 2.45) is 0 Å². The number of hydrogen-bond acceptors (Lipinski definition) is 2. The molecule has 2 amide bonds. The molecule has 1 aromatic carbocycles. The van der Waals surface area contributed by atoms with Gasteiger partial charge in [0.25, 0.3) is 0 Å². The summed E-state index contributed by atoms with van der Waals surface area (Å²) in [7, 11) is 0. The van der Waals surface area contributed by atoms with E-state index >= 15 is 0 Å². The monoisotopic (exact) mass is 325 g/mol. The van der Waals surface area contributed by atoms with Crippen molar-refractivity contribution in [2.75, 3.05) is 31.1 Å². The van der Waals surface area contributed by atoms with Crippen molar-refractivity contribution < 1.29 is 4.79 Å². The van der Waals surface area contributed by atoms with Gasteiger partial charge in [-0.3, -0.25) is 0 Å². The Kier molecular flexibility index (Phi) is 6.12. The van der Waals surface area contributed by atoms with Crippen LogP contribution >= 0.6 is 12.4 Å². The molecule has 0 bridgehead atoms. The van der Waals surface area contributed by atoms with Crippen molar-refractivity contribution in [3.8, 4) is 0 Å². The quantitative estimate of drug-likeness (QED) is 0.859. The minimum atomic E-state index is -0.179. The number of carbonyl (C=O) groups excluding carboxylic acids is 1. The molecule has 1 fully saturated rings. The van der Waals surface area contributed by atoms with Crippen molar-refractivity contribution in [3.05, 3.63) is 29.3 Å². The highest BCUT2D eigenvalue weighted by molar-refractivity contribution is 5.85. The van der Waals surface area contributed by atoms with Crippen molar-refractivity contribution in [1.29, 1.82) is 0 Å². The summed E-state index contributed by atoms with van der Waals surface area (Å²) >= 11 is 0. The van der Waals surface area contributed by atoms with Crippen LogP contribution < -0.4 is 10.2 Å². The molecule has 0 atom stereocenters. The van der Waals surface area contributed by atoms with Gasteiger partial charge in [0.1, 0.15) is 0 Å². The third-order valence-electron chi connectivity index (χ3n) is 3.97. The predicted octanol–water partition coefficient (Wildman–Crippen LogP) is 3.36. The number of hydrogen-bond donors (Lipinski definition) is 1. The molecule has 0 unspecified atom stereocenters. The molecule has 22 heavy (non-hydrogen) atoms. The maximum Gasteiger partial charge on any atom is 0.317 e. The highest BCUT2D eigenvalue weighted by atomic mass is 35.5. The van der Waals surface area contributed by atoms with Gasteiger partial charge in [-0.1, -0.05) is 12.1 Å². The van der Waals surface area contributed by atoms with Crippen LogP contribution in [0, 0.1) is 13.8 Å². The van der Waals surface area contributed by atoms with E-state index in [0.717, 1.165) is 26.2 Å². The summed E-state index contributed by atoms with van der Waals surface area (Å²) in [6, 6.07) is 6.47. The molecule has 1 aromatic rings. The summed E-state index contributed by atoms with van der Waals surface area (Å²) < 4.78 is 0. The maximum absolute atomic E-state index is 12.2. The molecule has 0 radical (unpaired) electrons. The fourth-order valence-corrected chi connectivity index (χ4v) is 2.63. The minimum absolute atomic E-state index is 0. The normalized spacial score (nSPS) is 15.3. The lowest BCUT2D eigenvalue weighted by atomic mass is 10.1. The second-order valence-electron chi connectivity index (χ2n) is 6.87. The molecule has 1 heterocycles. The van der Waals surface area contributed by atoms with Gasteiger partial charge in [0.05, 0.1) is 0 Å². The van der Waals surface area contributed by atoms with E-state index in [1.165, 1.54) is 16.8 Å². The van der Waals surface area contributed by atoms with E-state index in [9.17, 15) is 4.79 Å². The minimum Gasteiger partial charge on any atom is -0.368 e. The Bertz CT molecular complexity index is 517. The lowest BCUT2D eigenvalue weighted by Crippen LogP contribution is -2.55. The van der Waals surface area contributed by atoms with E-state index in [1.54, 1.807) is 0 Å². The number of nitrogens with zero attached hydrogens (tertiary/aromatic N) is 2. The highest BCUT2D eigenvalue weighted by Gasteiger charge is 2.24. The van der Waals surface area contributed by atoms with E-state index in [-0.39, 0.29) is 24.0 Å². The van der Waals surface area contributed by atoms with E-state index in [2.05, 4.69) is 42.3 Å². The van der Waals surface area contributed by atoms with Crippen LogP contribution in [0.15, 0.2) is 18.2 Å². The average molecular weight is 326 g/mol. The van der Waals surface area contributed by atoms with E-state index in [4.69, 9.17) is 0 Å². The van der Waals surface area contributed by atoms with Crippen LogP contribution in [0.3, 0.4) is 0 Å². The second-order valence-corrected chi connectivity index (χ2v) is 6.87. The Morgan fingerprint density at radius 3 is 2.23 bits per heavy atom. The molecule has 5 heteroatoms. The van der Waals surface area contributed by atoms with Gasteiger partial charge in [-0.2, -0.15) is 0 Å². The molecule has 1 N–H and O–H groups in total. The molecule has 0 aliphatic carbocycles. The lowest BCUT2D eigenvalue weighted by Gasteiger charge is -2.38. The third kappa shape index (κ3) is 4.54. The van der Waals surface area contributed by atoms with Crippen molar-refractivity contribution >= 4 is 24.1 Å².